The lowest BCUT2D eigenvalue weighted by Gasteiger charge is -2.21. The number of ether oxygens (including phenoxy) is 2. The van der Waals surface area contributed by atoms with E-state index in [9.17, 15) is 77.4 Å². The summed E-state index contributed by atoms with van der Waals surface area (Å²) >= 11 is 0. The van der Waals surface area contributed by atoms with Crippen LogP contribution in [0.25, 0.3) is 22.3 Å². The Hall–Kier alpha value is -3.38. The number of rotatable bonds is 14. The molecule has 6 rings (SSSR count). The van der Waals surface area contributed by atoms with Crippen LogP contribution in [0, 0.1) is 0 Å². The van der Waals surface area contributed by atoms with Gasteiger partial charge in [0.1, 0.15) is 47.9 Å². The predicted octanol–water partition coefficient (Wildman–Crippen LogP) is -4.44. The van der Waals surface area contributed by atoms with Crippen molar-refractivity contribution < 1.29 is 89.7 Å². The quantitative estimate of drug-likeness (QED) is 0.0532. The summed E-state index contributed by atoms with van der Waals surface area (Å²) in [5.74, 6) is 0. The molecule has 55 heavy (non-hydrogen) atoms. The number of aliphatic hydroxyl groups excluding tert-OH is 4. The summed E-state index contributed by atoms with van der Waals surface area (Å²) in [5.41, 5.74) is -4.89. The number of hydrogen-bond donors (Lipinski definition) is 12. The van der Waals surface area contributed by atoms with E-state index in [1.165, 1.54) is 0 Å². The molecule has 0 aromatic carbocycles. The molecule has 2 aliphatic heterocycles. The van der Waals surface area contributed by atoms with Crippen molar-refractivity contribution in [1.29, 1.82) is 0 Å². The van der Waals surface area contributed by atoms with Gasteiger partial charge in [-0.05, 0) is 0 Å². The molecule has 2 fully saturated rings. The Bertz CT molecular complexity index is 2370. The normalized spacial score (nSPS) is 30.3. The fourth-order valence-electron chi connectivity index (χ4n) is 5.29. The van der Waals surface area contributed by atoms with Crippen LogP contribution in [-0.4, -0.2) is 129 Å². The molecular weight excluding hydrogens is 844 g/mol. The van der Waals surface area contributed by atoms with Crippen molar-refractivity contribution in [2.24, 2.45) is 0 Å². The second-order valence-electron chi connectivity index (χ2n) is 11.3. The monoisotopic (exact) mass is 870 g/mol. The minimum absolute atomic E-state index is 0.259. The van der Waals surface area contributed by atoms with Gasteiger partial charge in [0.25, 0.3) is 11.1 Å². The number of nitrogens with one attached hydrogen (secondary N) is 4. The highest BCUT2D eigenvalue weighted by Crippen LogP contribution is 2.71. The molecular formula is C20H26N8O23P4. The molecule has 4 aromatic rings. The molecule has 31 nitrogen and oxygen atoms in total. The second kappa shape index (κ2) is 14.8. The molecule has 35 heteroatoms. The maximum absolute atomic E-state index is 12.4. The van der Waals surface area contributed by atoms with Gasteiger partial charge in [0.05, 0.1) is 25.9 Å². The van der Waals surface area contributed by atoms with Crippen LogP contribution in [0.3, 0.4) is 0 Å². The van der Waals surface area contributed by atoms with Gasteiger partial charge >= 0.3 is 42.7 Å². The Morgan fingerprint density at radius 3 is 1.29 bits per heavy atom. The van der Waals surface area contributed by atoms with Gasteiger partial charge in [-0.15, -0.1) is 0 Å². The summed E-state index contributed by atoms with van der Waals surface area (Å²) < 4.78 is 82.4. The molecule has 2 aliphatic rings. The third-order valence-corrected chi connectivity index (χ3v) is 13.5. The molecule has 304 valence electrons. The number of aromatic amines is 4. The molecule has 4 unspecified atom stereocenters. The van der Waals surface area contributed by atoms with E-state index in [1.54, 1.807) is 0 Å². The van der Waals surface area contributed by atoms with Gasteiger partial charge < -0.3 is 49.5 Å². The zero-order chi connectivity index (χ0) is 40.4. The number of hydrogen-bond acceptors (Lipinski definition) is 21. The van der Waals surface area contributed by atoms with Gasteiger partial charge in [-0.3, -0.25) is 47.7 Å². The standard InChI is InChI=1S/C20H26N8O23P4/c29-9-5(47-17(11(9)31)27-3-21-7-13(27)23-19(35)25-15(7)33)1-45-52(37,38)49-54(41,42)51-55(43,44)50-53(39,40)46-2-6-10(30)12(32)18(48-6)28-4-22-8-14(28)24-20(36)26-16(8)34/h3-6,9-12,17-18,29-32H,1-2H2,(H,37,38)(H,39,40)(H,41,42)(H,43,44)(H2,23,25,33,35)(H2,24,26,34,36)/t5-,6-,9-,10-,11-,12-,17-,18-/m1/s1. The fraction of sp³-hybridized carbons (Fsp3) is 0.500. The summed E-state index contributed by atoms with van der Waals surface area (Å²) in [4.78, 5) is 103. The third-order valence-electron chi connectivity index (χ3n) is 7.58. The zero-order valence-electron chi connectivity index (χ0n) is 26.5. The largest absolute Gasteiger partial charge is 0.490 e. The Morgan fingerprint density at radius 1 is 0.582 bits per heavy atom. The second-order valence-corrected chi connectivity index (χ2v) is 17.5. The van der Waals surface area contributed by atoms with Gasteiger partial charge in [0.15, 0.2) is 23.5 Å². The van der Waals surface area contributed by atoms with Crippen LogP contribution < -0.4 is 22.5 Å². The lowest BCUT2D eigenvalue weighted by atomic mass is 10.1. The van der Waals surface area contributed by atoms with Gasteiger partial charge in [-0.2, -0.15) is 12.9 Å². The maximum atomic E-state index is 12.4. The number of aromatic nitrogens is 8. The average Bonchev–Trinajstić information content (AvgIpc) is 3.79. The van der Waals surface area contributed by atoms with Crippen LogP contribution in [0.5, 0.6) is 0 Å². The highest BCUT2D eigenvalue weighted by Gasteiger charge is 2.50. The van der Waals surface area contributed by atoms with Crippen molar-refractivity contribution in [1.82, 2.24) is 39.0 Å². The summed E-state index contributed by atoms with van der Waals surface area (Å²) in [6.45, 7) is -2.42. The van der Waals surface area contributed by atoms with E-state index in [0.717, 1.165) is 21.8 Å². The highest BCUT2D eigenvalue weighted by molar-refractivity contribution is 7.69. The molecule has 0 radical (unpaired) electrons. The number of fused-ring (bicyclic) bond motifs is 2. The predicted molar refractivity (Wildman–Crippen MR) is 168 cm³/mol. The third kappa shape index (κ3) is 8.80. The maximum Gasteiger partial charge on any atom is 0.490 e. The summed E-state index contributed by atoms with van der Waals surface area (Å²) in [6, 6.07) is 0. The number of phosphoric acid groups is 4. The number of aliphatic hydroxyl groups is 4. The van der Waals surface area contributed by atoms with Crippen molar-refractivity contribution in [2.45, 2.75) is 49.1 Å². The van der Waals surface area contributed by atoms with Crippen molar-refractivity contribution >= 4 is 53.6 Å². The Morgan fingerprint density at radius 2 is 0.927 bits per heavy atom. The van der Waals surface area contributed by atoms with E-state index in [1.807, 2.05) is 9.97 Å². The fourth-order valence-corrected chi connectivity index (χ4v) is 10.2. The number of imidazole rings is 2. The molecule has 6 heterocycles. The molecule has 0 bridgehead atoms. The van der Waals surface area contributed by atoms with Crippen molar-refractivity contribution in [3.8, 4) is 0 Å². The van der Waals surface area contributed by atoms with Crippen LogP contribution in [0.15, 0.2) is 31.8 Å². The van der Waals surface area contributed by atoms with Crippen LogP contribution in [-0.2, 0) is 49.7 Å². The van der Waals surface area contributed by atoms with Crippen molar-refractivity contribution in [3.63, 3.8) is 0 Å². The smallest absolute Gasteiger partial charge is 0.387 e. The molecule has 0 amide bonds. The van der Waals surface area contributed by atoms with E-state index in [0.29, 0.717) is 0 Å². The van der Waals surface area contributed by atoms with Crippen molar-refractivity contribution in [3.05, 3.63) is 54.3 Å². The van der Waals surface area contributed by atoms with Gasteiger partial charge in [-0.1, -0.05) is 0 Å². The summed E-state index contributed by atoms with van der Waals surface area (Å²) in [6.07, 6.45) is -12.4. The van der Waals surface area contributed by atoms with E-state index >= 15 is 0 Å². The average molecular weight is 870 g/mol. The highest BCUT2D eigenvalue weighted by atomic mass is 31.3. The van der Waals surface area contributed by atoms with Crippen LogP contribution in [0.1, 0.15) is 12.5 Å². The topological polar surface area (TPSA) is 462 Å². The van der Waals surface area contributed by atoms with Gasteiger partial charge in [0, 0.05) is 0 Å². The number of phosphoric ester groups is 2. The first-order chi connectivity index (χ1) is 25.5. The van der Waals surface area contributed by atoms with E-state index in [2.05, 4.69) is 41.9 Å². The number of nitrogens with zero attached hydrogens (tertiary/aromatic N) is 4. The lowest BCUT2D eigenvalue weighted by molar-refractivity contribution is -0.0505. The SMILES string of the molecule is O=c1[nH]c(=O)c2ncn([C@@H]3O[C@H](COP(=O)(O)OP(=O)(O)OP(=O)(O)OP(=O)(O)OC[C@H]4O[C@@H](n5cnc6c(=O)[nH]c(=O)[nH]c65)[C@H](O)[C@@H]4O)[C@@H](O)[C@H]3O)c2[nH]1. The van der Waals surface area contributed by atoms with Crippen LogP contribution in [0.2, 0.25) is 0 Å². The molecule has 12 atom stereocenters. The molecule has 0 spiro atoms. The minimum Gasteiger partial charge on any atom is -0.387 e. The van der Waals surface area contributed by atoms with E-state index < -0.39 is 116 Å². The molecule has 2 saturated heterocycles. The molecule has 4 aromatic heterocycles. The van der Waals surface area contributed by atoms with Crippen LogP contribution >= 0.6 is 31.3 Å². The first kappa shape index (κ1) is 41.3. The Labute approximate surface area is 299 Å². The van der Waals surface area contributed by atoms with Gasteiger partial charge in [0.2, 0.25) is 0 Å². The van der Waals surface area contributed by atoms with E-state index in [4.69, 9.17) is 9.47 Å². The minimum atomic E-state index is -6.27. The Balaban J connectivity index is 1.03. The van der Waals surface area contributed by atoms with Crippen molar-refractivity contribution in [2.75, 3.05) is 13.2 Å². The first-order valence-electron chi connectivity index (χ1n) is 14.6. The lowest BCUT2D eigenvalue weighted by Crippen LogP contribution is -2.33. The first-order valence-corrected chi connectivity index (χ1v) is 20.6. The zero-order valence-corrected chi connectivity index (χ0v) is 30.0. The number of H-pyrrole nitrogens is 4. The summed E-state index contributed by atoms with van der Waals surface area (Å²) in [5, 5.41) is 41.7. The molecule has 0 aliphatic carbocycles. The Kier molecular flexibility index (Phi) is 11.1. The summed E-state index contributed by atoms with van der Waals surface area (Å²) in [7, 11) is -24.3. The van der Waals surface area contributed by atoms with Gasteiger partial charge in [-0.25, -0.2) is 37.8 Å². The molecule has 12 N–H and O–H groups in total. The molecule has 0 saturated carbocycles. The van der Waals surface area contributed by atoms with Crippen LogP contribution in [0.4, 0.5) is 0 Å². The van der Waals surface area contributed by atoms with E-state index in [-0.39, 0.29) is 22.3 Å².